The lowest BCUT2D eigenvalue weighted by molar-refractivity contribution is -0.141. The third kappa shape index (κ3) is 3.15. The molecular weight excluding hydrogens is 392 g/mol. The first-order valence-corrected chi connectivity index (χ1v) is 7.75. The monoisotopic (exact) mass is 404 g/mol. The Morgan fingerprint density at radius 1 is 1.35 bits per heavy atom. The van der Waals surface area contributed by atoms with E-state index >= 15 is 0 Å². The second-order valence-electron chi connectivity index (χ2n) is 4.72. The van der Waals surface area contributed by atoms with Gasteiger partial charge in [0.2, 0.25) is 0 Å². The predicted octanol–water partition coefficient (Wildman–Crippen LogP) is 3.60. The smallest absolute Gasteiger partial charge is 0.326 e. The molecule has 0 aromatic heterocycles. The zero-order valence-electron chi connectivity index (χ0n) is 10.8. The molecule has 0 spiro atoms. The first-order chi connectivity index (χ1) is 9.40. The van der Waals surface area contributed by atoms with Crippen LogP contribution in [-0.4, -0.2) is 34.6 Å². The second-order valence-corrected chi connectivity index (χ2v) is 6.43. The Hall–Kier alpha value is -1.08. The molecule has 2 N–H and O–H groups in total. The summed E-state index contributed by atoms with van der Waals surface area (Å²) < 4.78 is 1.51. The van der Waals surface area contributed by atoms with Crippen molar-refractivity contribution in [2.45, 2.75) is 25.8 Å². The lowest BCUT2D eigenvalue weighted by Crippen LogP contribution is -2.42. The molecule has 1 fully saturated rings. The first kappa shape index (κ1) is 15.3. The number of halogens is 2. The molecule has 1 aromatic rings. The van der Waals surface area contributed by atoms with Crippen molar-refractivity contribution in [1.29, 1.82) is 0 Å². The highest BCUT2D eigenvalue weighted by Crippen LogP contribution is 2.33. The summed E-state index contributed by atoms with van der Waals surface area (Å²) in [5, 5.41) is 11.9. The van der Waals surface area contributed by atoms with E-state index in [0.717, 1.165) is 14.5 Å². The van der Waals surface area contributed by atoms with Gasteiger partial charge in [-0.05, 0) is 69.3 Å². The van der Waals surface area contributed by atoms with Crippen molar-refractivity contribution < 1.29 is 14.7 Å². The van der Waals surface area contributed by atoms with Crippen LogP contribution in [0.15, 0.2) is 21.1 Å². The van der Waals surface area contributed by atoms with E-state index in [1.807, 2.05) is 19.1 Å². The third-order valence-electron chi connectivity index (χ3n) is 3.22. The molecule has 108 valence electrons. The van der Waals surface area contributed by atoms with Crippen LogP contribution in [-0.2, 0) is 4.79 Å². The van der Waals surface area contributed by atoms with Crippen LogP contribution in [0, 0.1) is 6.92 Å². The van der Waals surface area contributed by atoms with Gasteiger partial charge in [-0.15, -0.1) is 0 Å². The van der Waals surface area contributed by atoms with E-state index in [0.29, 0.717) is 25.1 Å². The Bertz CT molecular complexity index is 540. The van der Waals surface area contributed by atoms with Crippen molar-refractivity contribution in [1.82, 2.24) is 4.90 Å². The van der Waals surface area contributed by atoms with Gasteiger partial charge in [-0.3, -0.25) is 0 Å². The molecule has 1 aromatic carbocycles. The van der Waals surface area contributed by atoms with E-state index in [-0.39, 0.29) is 6.03 Å². The van der Waals surface area contributed by atoms with E-state index in [1.165, 1.54) is 4.90 Å². The summed E-state index contributed by atoms with van der Waals surface area (Å²) in [5.41, 5.74) is 1.66. The van der Waals surface area contributed by atoms with Crippen molar-refractivity contribution in [3.05, 3.63) is 26.6 Å². The normalized spacial score (nSPS) is 18.1. The number of carboxylic acids is 1. The Balaban J connectivity index is 2.18. The lowest BCUT2D eigenvalue weighted by atomic mass is 10.2. The number of anilines is 1. The van der Waals surface area contributed by atoms with Gasteiger partial charge in [0.1, 0.15) is 6.04 Å². The molecule has 1 heterocycles. The number of nitrogens with zero attached hydrogens (tertiary/aromatic N) is 1. The summed E-state index contributed by atoms with van der Waals surface area (Å²) in [7, 11) is 0. The molecule has 0 radical (unpaired) electrons. The maximum Gasteiger partial charge on any atom is 0.326 e. The minimum atomic E-state index is -0.959. The molecular formula is C13H14Br2N2O3. The van der Waals surface area contributed by atoms with Gasteiger partial charge in [-0.1, -0.05) is 0 Å². The van der Waals surface area contributed by atoms with Crippen LogP contribution in [0.3, 0.4) is 0 Å². The molecule has 0 unspecified atom stereocenters. The Kier molecular flexibility index (Phi) is 4.70. The van der Waals surface area contributed by atoms with Gasteiger partial charge in [0.25, 0.3) is 0 Å². The van der Waals surface area contributed by atoms with Crippen LogP contribution < -0.4 is 5.32 Å². The zero-order valence-corrected chi connectivity index (χ0v) is 14.0. The van der Waals surface area contributed by atoms with Gasteiger partial charge in [0, 0.05) is 15.5 Å². The summed E-state index contributed by atoms with van der Waals surface area (Å²) in [6, 6.07) is 2.65. The average Bonchev–Trinajstić information content (AvgIpc) is 2.82. The number of likely N-dealkylation sites (tertiary alicyclic amines) is 1. The SMILES string of the molecule is Cc1cc(Br)c(NC(=O)N2CCC[C@H]2C(=O)O)c(Br)c1. The number of nitrogens with one attached hydrogen (secondary N) is 1. The van der Waals surface area contributed by atoms with E-state index in [4.69, 9.17) is 5.11 Å². The van der Waals surface area contributed by atoms with Crippen LogP contribution in [0.4, 0.5) is 10.5 Å². The van der Waals surface area contributed by atoms with E-state index in [9.17, 15) is 9.59 Å². The molecule has 0 bridgehead atoms. The molecule has 1 saturated heterocycles. The largest absolute Gasteiger partial charge is 0.480 e. The summed E-state index contributed by atoms with van der Waals surface area (Å²) in [4.78, 5) is 24.7. The van der Waals surface area contributed by atoms with Crippen LogP contribution in [0.2, 0.25) is 0 Å². The number of aryl methyl sites for hydroxylation is 1. The number of benzene rings is 1. The number of urea groups is 1. The Morgan fingerprint density at radius 3 is 2.50 bits per heavy atom. The number of carbonyl (C=O) groups is 2. The fraction of sp³-hybridized carbons (Fsp3) is 0.385. The number of carboxylic acid groups (broad SMARTS) is 1. The Labute approximate surface area is 133 Å². The molecule has 0 aliphatic carbocycles. The zero-order chi connectivity index (χ0) is 14.9. The van der Waals surface area contributed by atoms with Crippen LogP contribution in [0.25, 0.3) is 0 Å². The number of hydrogen-bond acceptors (Lipinski definition) is 2. The molecule has 2 rings (SSSR count). The van der Waals surface area contributed by atoms with Gasteiger partial charge in [0.15, 0.2) is 0 Å². The van der Waals surface area contributed by atoms with Crippen LogP contribution in [0.5, 0.6) is 0 Å². The van der Waals surface area contributed by atoms with Gasteiger partial charge in [-0.25, -0.2) is 9.59 Å². The number of amides is 2. The highest BCUT2D eigenvalue weighted by molar-refractivity contribution is 9.11. The van der Waals surface area contributed by atoms with E-state index in [2.05, 4.69) is 37.2 Å². The van der Waals surface area contributed by atoms with Gasteiger partial charge < -0.3 is 15.3 Å². The molecule has 0 saturated carbocycles. The molecule has 7 heteroatoms. The summed E-state index contributed by atoms with van der Waals surface area (Å²) in [6.45, 7) is 2.41. The van der Waals surface area contributed by atoms with E-state index < -0.39 is 12.0 Å². The molecule has 1 atom stereocenters. The topological polar surface area (TPSA) is 69.6 Å². The van der Waals surface area contributed by atoms with Crippen molar-refractivity contribution in [3.8, 4) is 0 Å². The lowest BCUT2D eigenvalue weighted by Gasteiger charge is -2.22. The van der Waals surface area contributed by atoms with Gasteiger partial charge in [-0.2, -0.15) is 0 Å². The quantitative estimate of drug-likeness (QED) is 0.789. The number of rotatable bonds is 2. The van der Waals surface area contributed by atoms with Gasteiger partial charge in [0.05, 0.1) is 5.69 Å². The fourth-order valence-corrected chi connectivity index (χ4v) is 3.88. The molecule has 1 aliphatic heterocycles. The van der Waals surface area contributed by atoms with Crippen molar-refractivity contribution in [2.24, 2.45) is 0 Å². The summed E-state index contributed by atoms with van der Waals surface area (Å²) in [6.07, 6.45) is 1.21. The summed E-state index contributed by atoms with van der Waals surface area (Å²) in [5.74, 6) is -0.959. The van der Waals surface area contributed by atoms with Crippen LogP contribution in [0.1, 0.15) is 18.4 Å². The highest BCUT2D eigenvalue weighted by atomic mass is 79.9. The minimum absolute atomic E-state index is 0.389. The number of hydrogen-bond donors (Lipinski definition) is 2. The highest BCUT2D eigenvalue weighted by Gasteiger charge is 2.34. The number of carbonyl (C=O) groups excluding carboxylic acids is 1. The van der Waals surface area contributed by atoms with Crippen LogP contribution >= 0.6 is 31.9 Å². The minimum Gasteiger partial charge on any atom is -0.480 e. The average molecular weight is 406 g/mol. The molecule has 5 nitrogen and oxygen atoms in total. The second kappa shape index (κ2) is 6.13. The Morgan fingerprint density at radius 2 is 1.95 bits per heavy atom. The fourth-order valence-electron chi connectivity index (χ4n) is 2.26. The molecule has 20 heavy (non-hydrogen) atoms. The third-order valence-corrected chi connectivity index (χ3v) is 4.47. The van der Waals surface area contributed by atoms with Crippen molar-refractivity contribution >= 4 is 49.5 Å². The maximum absolute atomic E-state index is 12.2. The number of aliphatic carboxylic acids is 1. The first-order valence-electron chi connectivity index (χ1n) is 6.16. The molecule has 2 amide bonds. The van der Waals surface area contributed by atoms with Crippen molar-refractivity contribution in [2.75, 3.05) is 11.9 Å². The van der Waals surface area contributed by atoms with E-state index in [1.54, 1.807) is 0 Å². The van der Waals surface area contributed by atoms with Crippen molar-refractivity contribution in [3.63, 3.8) is 0 Å². The standard InChI is InChI=1S/C13H14Br2N2O3/c1-7-5-8(14)11(9(15)6-7)16-13(20)17-4-2-3-10(17)12(18)19/h5-6,10H,2-4H2,1H3,(H,16,20)(H,18,19)/t10-/m0/s1. The molecule has 1 aliphatic rings. The predicted molar refractivity (Wildman–Crippen MR) is 83.0 cm³/mol. The van der Waals surface area contributed by atoms with Gasteiger partial charge >= 0.3 is 12.0 Å². The maximum atomic E-state index is 12.2. The summed E-state index contributed by atoms with van der Waals surface area (Å²) >= 11 is 6.80.